The molecule has 0 saturated carbocycles. The Morgan fingerprint density at radius 2 is 1.74 bits per heavy atom. The van der Waals surface area contributed by atoms with Crippen LogP contribution >= 0.6 is 27.3 Å². The zero-order valence-electron chi connectivity index (χ0n) is 16.8. The molecule has 0 amide bonds. The van der Waals surface area contributed by atoms with Crippen molar-refractivity contribution in [2.45, 2.75) is 26.4 Å². The highest BCUT2D eigenvalue weighted by Crippen LogP contribution is 2.19. The maximum Gasteiger partial charge on any atom is 0.352 e. The Hall–Kier alpha value is -2.97. The predicted molar refractivity (Wildman–Crippen MR) is 127 cm³/mol. The molecule has 0 atom stereocenters. The van der Waals surface area contributed by atoms with Crippen LogP contribution in [0.15, 0.2) is 74.0 Å². The molecule has 31 heavy (non-hydrogen) atoms. The summed E-state index contributed by atoms with van der Waals surface area (Å²) in [5.74, 6) is 0.357. The summed E-state index contributed by atoms with van der Waals surface area (Å²) >= 11 is 4.81. The summed E-state index contributed by atoms with van der Waals surface area (Å²) in [4.78, 5) is 26.5. The normalized spacial score (nSPS) is 11.5. The fourth-order valence-electron chi connectivity index (χ4n) is 3.75. The Balaban J connectivity index is 1.69. The van der Waals surface area contributed by atoms with Crippen molar-refractivity contribution in [2.75, 3.05) is 0 Å². The number of halogens is 1. The topological polar surface area (TPSA) is 61.3 Å². The van der Waals surface area contributed by atoms with Crippen LogP contribution in [0, 0.1) is 0 Å². The van der Waals surface area contributed by atoms with Gasteiger partial charge in [0.1, 0.15) is 4.70 Å². The van der Waals surface area contributed by atoms with Crippen molar-refractivity contribution in [3.05, 3.63) is 102 Å². The van der Waals surface area contributed by atoms with Gasteiger partial charge in [0.15, 0.2) is 0 Å². The van der Waals surface area contributed by atoms with Gasteiger partial charge in [-0.2, -0.15) is 0 Å². The number of hydrogen-bond acceptors (Lipinski definition) is 4. The molecule has 0 unspecified atom stereocenters. The first kappa shape index (κ1) is 20.0. The molecule has 0 bridgehead atoms. The SMILES string of the molecule is CCc1ccc(Cn2c(=O)c3sccc3n3c(=O)n(Cc4cccc(Br)c4)nc23)cc1. The number of aryl methyl sites for hydroxylation is 1. The molecule has 8 heteroatoms. The zero-order valence-corrected chi connectivity index (χ0v) is 19.2. The van der Waals surface area contributed by atoms with Gasteiger partial charge in [0.2, 0.25) is 5.78 Å². The van der Waals surface area contributed by atoms with Gasteiger partial charge in [-0.25, -0.2) is 13.9 Å². The lowest BCUT2D eigenvalue weighted by atomic mass is 10.1. The molecule has 2 aromatic carbocycles. The summed E-state index contributed by atoms with van der Waals surface area (Å²) in [5, 5.41) is 6.41. The molecule has 6 nitrogen and oxygen atoms in total. The van der Waals surface area contributed by atoms with E-state index in [4.69, 9.17) is 0 Å². The molecule has 156 valence electrons. The number of rotatable bonds is 5. The third-order valence-corrected chi connectivity index (χ3v) is 6.77. The lowest BCUT2D eigenvalue weighted by molar-refractivity contribution is 0.654. The molecule has 0 fully saturated rings. The van der Waals surface area contributed by atoms with Gasteiger partial charge >= 0.3 is 5.69 Å². The molecule has 0 radical (unpaired) electrons. The molecular formula is C23H19BrN4O2S. The molecular weight excluding hydrogens is 476 g/mol. The van der Waals surface area contributed by atoms with Crippen molar-refractivity contribution in [2.24, 2.45) is 0 Å². The van der Waals surface area contributed by atoms with E-state index < -0.39 is 0 Å². The monoisotopic (exact) mass is 494 g/mol. The number of fused-ring (bicyclic) bond motifs is 3. The van der Waals surface area contributed by atoms with Crippen LogP contribution in [0.4, 0.5) is 0 Å². The van der Waals surface area contributed by atoms with Crippen LogP contribution in [0.3, 0.4) is 0 Å². The summed E-state index contributed by atoms with van der Waals surface area (Å²) in [6.07, 6.45) is 0.959. The standard InChI is InChI=1S/C23H19BrN4O2S/c1-2-15-6-8-16(9-7-15)13-26-21(29)20-19(10-11-31-20)28-22(26)25-27(23(28)30)14-17-4-3-5-18(24)12-17/h3-12H,2,13-14H2,1H3. The van der Waals surface area contributed by atoms with Gasteiger partial charge < -0.3 is 0 Å². The van der Waals surface area contributed by atoms with Crippen molar-refractivity contribution in [1.29, 1.82) is 0 Å². The molecule has 3 heterocycles. The summed E-state index contributed by atoms with van der Waals surface area (Å²) in [6.45, 7) is 2.79. The van der Waals surface area contributed by atoms with Crippen molar-refractivity contribution in [3.63, 3.8) is 0 Å². The molecule has 5 rings (SSSR count). The highest BCUT2D eigenvalue weighted by atomic mass is 79.9. The summed E-state index contributed by atoms with van der Waals surface area (Å²) < 4.78 is 6.06. The van der Waals surface area contributed by atoms with Crippen LogP contribution in [0.5, 0.6) is 0 Å². The fraction of sp³-hybridized carbons (Fsp3) is 0.174. The minimum Gasteiger partial charge on any atom is -0.271 e. The van der Waals surface area contributed by atoms with E-state index in [1.807, 2.05) is 41.8 Å². The van der Waals surface area contributed by atoms with Gasteiger partial charge in [0.05, 0.1) is 18.6 Å². The van der Waals surface area contributed by atoms with E-state index in [2.05, 4.69) is 40.1 Å². The fourth-order valence-corrected chi connectivity index (χ4v) is 5.02. The van der Waals surface area contributed by atoms with E-state index in [-0.39, 0.29) is 11.2 Å². The van der Waals surface area contributed by atoms with Crippen LogP contribution < -0.4 is 11.2 Å². The van der Waals surface area contributed by atoms with Crippen LogP contribution in [-0.4, -0.2) is 18.7 Å². The molecule has 0 aliphatic heterocycles. The van der Waals surface area contributed by atoms with Gasteiger partial charge in [0.25, 0.3) is 5.56 Å². The third-order valence-electron chi connectivity index (χ3n) is 5.38. The van der Waals surface area contributed by atoms with Crippen LogP contribution in [0.25, 0.3) is 16.0 Å². The van der Waals surface area contributed by atoms with Crippen LogP contribution in [-0.2, 0) is 19.5 Å². The Morgan fingerprint density at radius 1 is 0.968 bits per heavy atom. The largest absolute Gasteiger partial charge is 0.352 e. The summed E-state index contributed by atoms with van der Waals surface area (Å²) in [5.41, 5.74) is 3.40. The average molecular weight is 495 g/mol. The maximum atomic E-state index is 13.3. The van der Waals surface area contributed by atoms with Gasteiger partial charge in [-0.15, -0.1) is 16.4 Å². The summed E-state index contributed by atoms with van der Waals surface area (Å²) in [7, 11) is 0. The lowest BCUT2D eigenvalue weighted by Gasteiger charge is -2.08. The Labute approximate surface area is 190 Å². The number of hydrogen-bond donors (Lipinski definition) is 0. The Kier molecular flexibility index (Phi) is 5.11. The van der Waals surface area contributed by atoms with E-state index in [9.17, 15) is 9.59 Å². The highest BCUT2D eigenvalue weighted by Gasteiger charge is 2.18. The molecule has 0 saturated heterocycles. The Morgan fingerprint density at radius 3 is 2.48 bits per heavy atom. The van der Waals surface area contributed by atoms with Crippen molar-refractivity contribution in [1.82, 2.24) is 18.7 Å². The second kappa shape index (κ2) is 7.94. The minimum absolute atomic E-state index is 0.128. The predicted octanol–water partition coefficient (Wildman–Crippen LogP) is 4.29. The van der Waals surface area contributed by atoms with Crippen LogP contribution in [0.2, 0.25) is 0 Å². The van der Waals surface area contributed by atoms with Crippen molar-refractivity contribution >= 4 is 43.3 Å². The Bertz CT molecular complexity index is 1530. The quantitative estimate of drug-likeness (QED) is 0.366. The minimum atomic E-state index is -0.256. The zero-order chi connectivity index (χ0) is 21.5. The molecule has 3 aromatic heterocycles. The third kappa shape index (κ3) is 3.55. The van der Waals surface area contributed by atoms with E-state index in [0.717, 1.165) is 22.0 Å². The first-order chi connectivity index (χ1) is 15.0. The van der Waals surface area contributed by atoms with Gasteiger partial charge in [-0.3, -0.25) is 9.36 Å². The van der Waals surface area contributed by atoms with E-state index in [0.29, 0.717) is 29.1 Å². The first-order valence-electron chi connectivity index (χ1n) is 9.97. The van der Waals surface area contributed by atoms with Crippen molar-refractivity contribution in [3.8, 4) is 0 Å². The number of thiophene rings is 1. The smallest absolute Gasteiger partial charge is 0.271 e. The van der Waals surface area contributed by atoms with Gasteiger partial charge in [0, 0.05) is 4.47 Å². The molecule has 0 spiro atoms. The van der Waals surface area contributed by atoms with Crippen molar-refractivity contribution < 1.29 is 0 Å². The van der Waals surface area contributed by atoms with Crippen LogP contribution in [0.1, 0.15) is 23.6 Å². The highest BCUT2D eigenvalue weighted by molar-refractivity contribution is 9.10. The number of aromatic nitrogens is 4. The molecule has 0 N–H and O–H groups in total. The second-order valence-electron chi connectivity index (χ2n) is 7.40. The van der Waals surface area contributed by atoms with Gasteiger partial charge in [-0.05, 0) is 46.7 Å². The first-order valence-corrected chi connectivity index (χ1v) is 11.6. The summed E-state index contributed by atoms with van der Waals surface area (Å²) in [6, 6.07) is 17.8. The average Bonchev–Trinajstić information content (AvgIpc) is 3.37. The van der Waals surface area contributed by atoms with E-state index in [1.54, 1.807) is 15.0 Å². The number of benzene rings is 2. The van der Waals surface area contributed by atoms with E-state index in [1.165, 1.54) is 21.6 Å². The van der Waals surface area contributed by atoms with Gasteiger partial charge in [-0.1, -0.05) is 59.3 Å². The van der Waals surface area contributed by atoms with E-state index >= 15 is 0 Å². The number of nitrogens with zero attached hydrogens (tertiary/aromatic N) is 4. The molecule has 0 aliphatic rings. The second-order valence-corrected chi connectivity index (χ2v) is 9.23. The maximum absolute atomic E-state index is 13.3. The molecule has 0 aliphatic carbocycles. The lowest BCUT2D eigenvalue weighted by Crippen LogP contribution is -2.26. The molecule has 5 aromatic rings.